The predicted octanol–water partition coefficient (Wildman–Crippen LogP) is 2.62. The number of amides is 1. The number of aromatic nitrogens is 2. The van der Waals surface area contributed by atoms with Crippen molar-refractivity contribution in [1.29, 1.82) is 0 Å². The molecule has 0 saturated carbocycles. The summed E-state index contributed by atoms with van der Waals surface area (Å²) in [6.07, 6.45) is -0.0993. The van der Waals surface area contributed by atoms with Gasteiger partial charge >= 0.3 is 0 Å². The Morgan fingerprint density at radius 1 is 1.29 bits per heavy atom. The first-order valence-corrected chi connectivity index (χ1v) is 8.63. The molecule has 0 spiro atoms. The van der Waals surface area contributed by atoms with Gasteiger partial charge in [-0.15, -0.1) is 0 Å². The maximum atomic E-state index is 12.6. The van der Waals surface area contributed by atoms with Gasteiger partial charge < -0.3 is 10.2 Å². The van der Waals surface area contributed by atoms with Gasteiger partial charge in [-0.3, -0.25) is 9.48 Å². The second kappa shape index (κ2) is 8.05. The molecule has 1 aromatic rings. The van der Waals surface area contributed by atoms with Gasteiger partial charge in [0.15, 0.2) is 0 Å². The van der Waals surface area contributed by atoms with Gasteiger partial charge in [-0.05, 0) is 52.6 Å². The van der Waals surface area contributed by atoms with E-state index in [0.717, 1.165) is 25.6 Å². The van der Waals surface area contributed by atoms with Gasteiger partial charge in [-0.25, -0.2) is 8.78 Å². The van der Waals surface area contributed by atoms with Gasteiger partial charge in [0.25, 0.3) is 12.3 Å². The van der Waals surface area contributed by atoms with E-state index >= 15 is 0 Å². The number of aryl methyl sites for hydroxylation is 1. The number of nitrogens with one attached hydrogen (secondary N) is 1. The van der Waals surface area contributed by atoms with Crippen LogP contribution >= 0.6 is 0 Å². The Hall–Kier alpha value is -1.50. The van der Waals surface area contributed by atoms with Crippen LogP contribution in [0.2, 0.25) is 0 Å². The maximum absolute atomic E-state index is 12.6. The summed E-state index contributed by atoms with van der Waals surface area (Å²) in [5.41, 5.74) is 1.39. The van der Waals surface area contributed by atoms with Crippen LogP contribution < -0.4 is 5.32 Å². The molecule has 1 aliphatic rings. The van der Waals surface area contributed by atoms with Gasteiger partial charge in [0.2, 0.25) is 0 Å². The van der Waals surface area contributed by atoms with Crippen molar-refractivity contribution < 1.29 is 13.6 Å². The highest BCUT2D eigenvalue weighted by molar-refractivity contribution is 5.96. The molecular weight excluding hydrogens is 314 g/mol. The standard InChI is InChI=1S/C17H28F2N4O/c1-11-5-7-22(8-6-11)9-12(2)20-17(24)16-13(3)21-23(14(16)4)10-15(18)19/h11-12,15H,5-10H2,1-4H3,(H,20,24). The zero-order valence-electron chi connectivity index (χ0n) is 15.0. The van der Waals surface area contributed by atoms with Crippen molar-refractivity contribution in [2.24, 2.45) is 5.92 Å². The van der Waals surface area contributed by atoms with Crippen molar-refractivity contribution in [1.82, 2.24) is 20.0 Å². The topological polar surface area (TPSA) is 50.2 Å². The van der Waals surface area contributed by atoms with E-state index in [1.54, 1.807) is 13.8 Å². The van der Waals surface area contributed by atoms with Crippen LogP contribution in [-0.4, -0.2) is 52.7 Å². The SMILES string of the molecule is Cc1nn(CC(F)F)c(C)c1C(=O)NC(C)CN1CCC(C)CC1. The number of alkyl halides is 2. The Bertz CT molecular complexity index is 565. The van der Waals surface area contributed by atoms with E-state index in [-0.39, 0.29) is 11.9 Å². The van der Waals surface area contributed by atoms with E-state index in [0.29, 0.717) is 17.0 Å². The Labute approximate surface area is 142 Å². The summed E-state index contributed by atoms with van der Waals surface area (Å²) in [7, 11) is 0. The van der Waals surface area contributed by atoms with E-state index in [2.05, 4.69) is 22.2 Å². The van der Waals surface area contributed by atoms with Crippen LogP contribution in [0.15, 0.2) is 0 Å². The third kappa shape index (κ3) is 4.75. The molecule has 7 heteroatoms. The highest BCUT2D eigenvalue weighted by Crippen LogP contribution is 2.17. The number of carbonyl (C=O) groups is 1. The Morgan fingerprint density at radius 3 is 2.50 bits per heavy atom. The lowest BCUT2D eigenvalue weighted by Crippen LogP contribution is -2.44. The molecule has 5 nitrogen and oxygen atoms in total. The fourth-order valence-electron chi connectivity index (χ4n) is 3.31. The summed E-state index contributed by atoms with van der Waals surface area (Å²) in [6.45, 7) is 10.0. The Kier molecular flexibility index (Phi) is 6.32. The molecule has 1 unspecified atom stereocenters. The van der Waals surface area contributed by atoms with Crippen LogP contribution in [0.25, 0.3) is 0 Å². The molecule has 0 bridgehead atoms. The monoisotopic (exact) mass is 342 g/mol. The van der Waals surface area contributed by atoms with E-state index in [9.17, 15) is 13.6 Å². The van der Waals surface area contributed by atoms with E-state index in [1.165, 1.54) is 17.5 Å². The number of nitrogens with zero attached hydrogens (tertiary/aromatic N) is 3. The number of halogens is 2. The number of piperidine rings is 1. The van der Waals surface area contributed by atoms with Crippen molar-refractivity contribution in [2.75, 3.05) is 19.6 Å². The van der Waals surface area contributed by atoms with E-state index in [1.807, 2.05) is 6.92 Å². The predicted molar refractivity (Wildman–Crippen MR) is 89.5 cm³/mol. The van der Waals surface area contributed by atoms with Crippen LogP contribution in [0.5, 0.6) is 0 Å². The zero-order chi connectivity index (χ0) is 17.9. The summed E-state index contributed by atoms with van der Waals surface area (Å²) < 4.78 is 26.4. The molecule has 1 aliphatic heterocycles. The quantitative estimate of drug-likeness (QED) is 0.865. The van der Waals surface area contributed by atoms with Crippen molar-refractivity contribution in [3.05, 3.63) is 17.0 Å². The molecule has 24 heavy (non-hydrogen) atoms. The first-order valence-electron chi connectivity index (χ1n) is 8.63. The van der Waals surface area contributed by atoms with E-state index in [4.69, 9.17) is 0 Å². The summed E-state index contributed by atoms with van der Waals surface area (Å²) in [4.78, 5) is 14.9. The number of likely N-dealkylation sites (tertiary alicyclic amines) is 1. The van der Waals surface area contributed by atoms with Crippen molar-refractivity contribution in [3.8, 4) is 0 Å². The molecule has 0 aliphatic carbocycles. The summed E-state index contributed by atoms with van der Waals surface area (Å²) in [6, 6.07) is 0.00292. The molecule has 1 fully saturated rings. The molecule has 0 aromatic carbocycles. The van der Waals surface area contributed by atoms with E-state index < -0.39 is 13.0 Å². The average Bonchev–Trinajstić information content (AvgIpc) is 2.75. The minimum absolute atomic E-state index is 0.00292. The molecule has 2 rings (SSSR count). The lowest BCUT2D eigenvalue weighted by molar-refractivity contribution is 0.0918. The number of hydrogen-bond acceptors (Lipinski definition) is 3. The number of carbonyl (C=O) groups excluding carboxylic acids is 1. The van der Waals surface area contributed by atoms with Crippen LogP contribution in [0, 0.1) is 19.8 Å². The first-order chi connectivity index (χ1) is 11.3. The number of rotatable bonds is 6. The molecule has 1 aromatic heterocycles. The highest BCUT2D eigenvalue weighted by Gasteiger charge is 2.23. The molecule has 136 valence electrons. The van der Waals surface area contributed by atoms with Crippen LogP contribution in [-0.2, 0) is 6.54 Å². The summed E-state index contributed by atoms with van der Waals surface area (Å²) >= 11 is 0. The molecule has 1 saturated heterocycles. The van der Waals surface area contributed by atoms with Gasteiger partial charge in [0.1, 0.15) is 6.54 Å². The van der Waals surface area contributed by atoms with Crippen molar-refractivity contribution in [3.63, 3.8) is 0 Å². The van der Waals surface area contributed by atoms with Gasteiger partial charge in [0.05, 0.1) is 11.3 Å². The van der Waals surface area contributed by atoms with Gasteiger partial charge in [-0.2, -0.15) is 5.10 Å². The zero-order valence-corrected chi connectivity index (χ0v) is 15.0. The first kappa shape index (κ1) is 18.8. The fourth-order valence-corrected chi connectivity index (χ4v) is 3.31. The van der Waals surface area contributed by atoms with Gasteiger partial charge in [-0.1, -0.05) is 6.92 Å². The van der Waals surface area contributed by atoms with Gasteiger partial charge in [0, 0.05) is 18.3 Å². The second-order valence-corrected chi connectivity index (χ2v) is 6.98. The van der Waals surface area contributed by atoms with Crippen LogP contribution in [0.3, 0.4) is 0 Å². The minimum Gasteiger partial charge on any atom is -0.348 e. The fraction of sp³-hybridized carbons (Fsp3) is 0.765. The Balaban J connectivity index is 1.95. The lowest BCUT2D eigenvalue weighted by atomic mass is 9.99. The second-order valence-electron chi connectivity index (χ2n) is 6.98. The van der Waals surface area contributed by atoms with Crippen LogP contribution in [0.4, 0.5) is 8.78 Å². The molecule has 1 N–H and O–H groups in total. The largest absolute Gasteiger partial charge is 0.348 e. The Morgan fingerprint density at radius 2 is 1.92 bits per heavy atom. The number of hydrogen-bond donors (Lipinski definition) is 1. The molecule has 1 atom stereocenters. The highest BCUT2D eigenvalue weighted by atomic mass is 19.3. The van der Waals surface area contributed by atoms with Crippen molar-refractivity contribution >= 4 is 5.91 Å². The molecule has 1 amide bonds. The van der Waals surface area contributed by atoms with Crippen molar-refractivity contribution in [2.45, 2.75) is 59.5 Å². The maximum Gasteiger partial charge on any atom is 0.257 e. The molecule has 0 radical (unpaired) electrons. The minimum atomic E-state index is -2.49. The summed E-state index contributed by atoms with van der Waals surface area (Å²) in [5, 5.41) is 7.05. The van der Waals surface area contributed by atoms with Crippen LogP contribution in [0.1, 0.15) is 48.4 Å². The third-order valence-corrected chi connectivity index (χ3v) is 4.71. The normalized spacial score (nSPS) is 18.1. The molecule has 2 heterocycles. The molecular formula is C17H28F2N4O. The smallest absolute Gasteiger partial charge is 0.257 e. The lowest BCUT2D eigenvalue weighted by Gasteiger charge is -2.32. The average molecular weight is 342 g/mol. The summed E-state index contributed by atoms with van der Waals surface area (Å²) in [5.74, 6) is 0.542. The third-order valence-electron chi connectivity index (χ3n) is 4.71.